The van der Waals surface area contributed by atoms with Crippen molar-refractivity contribution in [1.29, 1.82) is 0 Å². The number of hydrogen-bond acceptors (Lipinski definition) is 5. The highest BCUT2D eigenvalue weighted by Gasteiger charge is 2.32. The van der Waals surface area contributed by atoms with Crippen LogP contribution in [0.5, 0.6) is 0 Å². The van der Waals surface area contributed by atoms with Crippen LogP contribution < -0.4 is 5.32 Å². The maximum atomic E-state index is 13.7. The predicted molar refractivity (Wildman–Crippen MR) is 156 cm³/mol. The van der Waals surface area contributed by atoms with Gasteiger partial charge in [0.25, 0.3) is 0 Å². The maximum Gasteiger partial charge on any atom is 0.338 e. The van der Waals surface area contributed by atoms with Crippen LogP contribution in [0.15, 0.2) is 101 Å². The average molecular weight is 543 g/mol. The minimum Gasteiger partial charge on any atom is -0.457 e. The van der Waals surface area contributed by atoms with Crippen molar-refractivity contribution in [3.63, 3.8) is 0 Å². The van der Waals surface area contributed by atoms with Crippen molar-refractivity contribution in [3.05, 3.63) is 118 Å². The molecule has 0 bridgehead atoms. The van der Waals surface area contributed by atoms with Gasteiger partial charge in [-0.15, -0.1) is 0 Å². The number of carbonyl (C=O) groups excluding carboxylic acids is 1. The molecule has 202 valence electrons. The van der Waals surface area contributed by atoms with Gasteiger partial charge in [-0.2, -0.15) is 0 Å². The van der Waals surface area contributed by atoms with Crippen molar-refractivity contribution in [1.82, 2.24) is 5.32 Å². The molecule has 1 heterocycles. The van der Waals surface area contributed by atoms with E-state index in [2.05, 4.69) is 5.32 Å². The number of halogens is 1. The number of amidine groups is 1. The molecule has 39 heavy (non-hydrogen) atoms. The lowest BCUT2D eigenvalue weighted by Crippen LogP contribution is -2.35. The average Bonchev–Trinajstić information content (AvgIpc) is 2.99. The Bertz CT molecular complexity index is 1300. The second-order valence-electron chi connectivity index (χ2n) is 10.2. The first-order valence-corrected chi connectivity index (χ1v) is 14.2. The fraction of sp³-hybridized carbons (Fsp3) is 0.333. The molecule has 1 atom stereocenters. The van der Waals surface area contributed by atoms with E-state index in [-0.39, 0.29) is 13.2 Å². The van der Waals surface area contributed by atoms with E-state index in [0.29, 0.717) is 28.7 Å². The third-order valence-corrected chi connectivity index (χ3v) is 7.65. The molecule has 1 aliphatic carbocycles. The van der Waals surface area contributed by atoms with Crippen molar-refractivity contribution in [2.45, 2.75) is 51.2 Å². The molecule has 5 nitrogen and oxygen atoms in total. The van der Waals surface area contributed by atoms with E-state index >= 15 is 0 Å². The Labute approximate surface area is 235 Å². The first-order valence-electron chi connectivity index (χ1n) is 13.8. The van der Waals surface area contributed by atoms with E-state index in [1.165, 1.54) is 32.1 Å². The van der Waals surface area contributed by atoms with Gasteiger partial charge in [0.15, 0.2) is 0 Å². The van der Waals surface area contributed by atoms with Crippen LogP contribution in [-0.4, -0.2) is 25.0 Å². The van der Waals surface area contributed by atoms with Crippen molar-refractivity contribution in [2.24, 2.45) is 10.9 Å². The molecule has 1 N–H and O–H groups in total. The summed E-state index contributed by atoms with van der Waals surface area (Å²) in [6.07, 6.45) is 7.57. The Kier molecular flexibility index (Phi) is 9.47. The molecular formula is C33H35ClN2O3. The van der Waals surface area contributed by atoms with E-state index in [9.17, 15) is 4.79 Å². The molecule has 2 aliphatic rings. The highest BCUT2D eigenvalue weighted by molar-refractivity contribution is 6.30. The molecule has 0 saturated heterocycles. The van der Waals surface area contributed by atoms with Gasteiger partial charge in [0, 0.05) is 17.2 Å². The van der Waals surface area contributed by atoms with E-state index in [1.807, 2.05) is 84.9 Å². The topological polar surface area (TPSA) is 59.9 Å². The van der Waals surface area contributed by atoms with Crippen LogP contribution in [0.4, 0.5) is 0 Å². The number of ether oxygens (including phenoxy) is 2. The summed E-state index contributed by atoms with van der Waals surface area (Å²) in [6.45, 7) is 1.10. The molecule has 0 spiro atoms. The number of esters is 1. The van der Waals surface area contributed by atoms with Gasteiger partial charge in [-0.3, -0.25) is 4.99 Å². The normalized spacial score (nSPS) is 17.9. The number of aliphatic imine (C=N–C) groups is 1. The van der Waals surface area contributed by atoms with Crippen molar-refractivity contribution in [2.75, 3.05) is 13.2 Å². The zero-order valence-corrected chi connectivity index (χ0v) is 22.9. The standard InChI is InChI=1S/C33H35ClN2O3/c34-28-18-10-17-27(21-28)31-30(33(37)39-22-25-13-6-2-7-14-25)29(23-38-20-19-24-11-4-1-5-12-24)35-32(36-31)26-15-8-3-9-16-26/h2-3,6-10,13-18,21,24,31H,1,4-5,11-12,19-20,22-23H2,(H,35,36). The van der Waals surface area contributed by atoms with Gasteiger partial charge >= 0.3 is 5.97 Å². The summed E-state index contributed by atoms with van der Waals surface area (Å²) in [6, 6.07) is 26.5. The summed E-state index contributed by atoms with van der Waals surface area (Å²) < 4.78 is 12.0. The smallest absolute Gasteiger partial charge is 0.338 e. The van der Waals surface area contributed by atoms with Gasteiger partial charge < -0.3 is 14.8 Å². The van der Waals surface area contributed by atoms with Gasteiger partial charge in [0.1, 0.15) is 18.5 Å². The quantitative estimate of drug-likeness (QED) is 0.214. The Morgan fingerprint density at radius 1 is 0.897 bits per heavy atom. The molecule has 3 aromatic carbocycles. The van der Waals surface area contributed by atoms with E-state index in [1.54, 1.807) is 0 Å². The number of benzene rings is 3. The summed E-state index contributed by atoms with van der Waals surface area (Å²) in [5, 5.41) is 4.01. The fourth-order valence-electron chi connectivity index (χ4n) is 5.31. The van der Waals surface area contributed by atoms with E-state index in [4.69, 9.17) is 26.1 Å². The van der Waals surface area contributed by atoms with Crippen LogP contribution in [0.1, 0.15) is 61.3 Å². The van der Waals surface area contributed by atoms with Crippen LogP contribution in [-0.2, 0) is 20.9 Å². The molecule has 1 fully saturated rings. The van der Waals surface area contributed by atoms with Crippen molar-refractivity contribution >= 4 is 23.4 Å². The molecule has 1 aliphatic heterocycles. The van der Waals surface area contributed by atoms with Crippen LogP contribution >= 0.6 is 11.6 Å². The summed E-state index contributed by atoms with van der Waals surface area (Å²) >= 11 is 6.38. The molecule has 1 saturated carbocycles. The van der Waals surface area contributed by atoms with Crippen molar-refractivity contribution in [3.8, 4) is 0 Å². The SMILES string of the molecule is O=C(OCc1ccccc1)C1=C(COCCC2CCCCC2)NC(c2ccccc2)=NC1c1cccc(Cl)c1. The highest BCUT2D eigenvalue weighted by atomic mass is 35.5. The molecule has 0 radical (unpaired) electrons. The van der Waals surface area contributed by atoms with Crippen LogP contribution in [0, 0.1) is 5.92 Å². The number of hydrogen-bond donors (Lipinski definition) is 1. The van der Waals surface area contributed by atoms with Crippen molar-refractivity contribution < 1.29 is 14.3 Å². The summed E-state index contributed by atoms with van der Waals surface area (Å²) in [4.78, 5) is 18.7. The lowest BCUT2D eigenvalue weighted by Gasteiger charge is -2.28. The number of nitrogens with one attached hydrogen (secondary N) is 1. The molecule has 5 rings (SSSR count). The summed E-state index contributed by atoms with van der Waals surface area (Å²) in [5.41, 5.74) is 3.80. The monoisotopic (exact) mass is 542 g/mol. The van der Waals surface area contributed by atoms with Gasteiger partial charge in [-0.25, -0.2) is 4.79 Å². The molecule has 3 aromatic rings. The molecule has 0 aromatic heterocycles. The first kappa shape index (κ1) is 27.2. The lowest BCUT2D eigenvalue weighted by atomic mass is 9.87. The number of carbonyl (C=O) groups is 1. The highest BCUT2D eigenvalue weighted by Crippen LogP contribution is 2.34. The minimum atomic E-state index is -0.583. The van der Waals surface area contributed by atoms with Crippen LogP contribution in [0.3, 0.4) is 0 Å². The Balaban J connectivity index is 1.43. The van der Waals surface area contributed by atoms with E-state index in [0.717, 1.165) is 29.0 Å². The third-order valence-electron chi connectivity index (χ3n) is 7.41. The van der Waals surface area contributed by atoms with Gasteiger partial charge in [0.2, 0.25) is 0 Å². The largest absolute Gasteiger partial charge is 0.457 e. The molecular weight excluding hydrogens is 508 g/mol. The summed E-state index contributed by atoms with van der Waals surface area (Å²) in [5.74, 6) is 0.993. The lowest BCUT2D eigenvalue weighted by molar-refractivity contribution is -0.140. The zero-order chi connectivity index (χ0) is 26.9. The number of nitrogens with zero attached hydrogens (tertiary/aromatic N) is 1. The van der Waals surface area contributed by atoms with E-state index < -0.39 is 12.0 Å². The van der Waals surface area contributed by atoms with Gasteiger partial charge in [-0.05, 0) is 35.6 Å². The Morgan fingerprint density at radius 2 is 1.64 bits per heavy atom. The zero-order valence-electron chi connectivity index (χ0n) is 22.2. The minimum absolute atomic E-state index is 0.177. The van der Waals surface area contributed by atoms with Gasteiger partial charge in [0.05, 0.1) is 17.9 Å². The van der Waals surface area contributed by atoms with Crippen LogP contribution in [0.2, 0.25) is 5.02 Å². The summed E-state index contributed by atoms with van der Waals surface area (Å²) in [7, 11) is 0. The second-order valence-corrected chi connectivity index (χ2v) is 10.7. The molecule has 1 unspecified atom stereocenters. The first-order chi connectivity index (χ1) is 19.2. The second kappa shape index (κ2) is 13.6. The van der Waals surface area contributed by atoms with Crippen LogP contribution in [0.25, 0.3) is 0 Å². The number of rotatable bonds is 10. The third kappa shape index (κ3) is 7.37. The fourth-order valence-corrected chi connectivity index (χ4v) is 5.51. The Morgan fingerprint density at radius 3 is 2.38 bits per heavy atom. The Hall–Kier alpha value is -3.41. The maximum absolute atomic E-state index is 13.7. The molecule has 0 amide bonds. The molecule has 6 heteroatoms. The van der Waals surface area contributed by atoms with Gasteiger partial charge in [-0.1, -0.05) is 117 Å². The predicted octanol–water partition coefficient (Wildman–Crippen LogP) is 7.42.